The van der Waals surface area contributed by atoms with Crippen molar-refractivity contribution in [2.45, 2.75) is 89.2 Å². The molecule has 11 heteroatoms. The topological polar surface area (TPSA) is 168 Å². The van der Waals surface area contributed by atoms with Gasteiger partial charge in [0.2, 0.25) is 0 Å². The van der Waals surface area contributed by atoms with Crippen molar-refractivity contribution >= 4 is 11.8 Å². The minimum absolute atomic E-state index is 0.0393. The van der Waals surface area contributed by atoms with Crippen molar-refractivity contribution in [1.82, 2.24) is 4.57 Å². The van der Waals surface area contributed by atoms with Gasteiger partial charge in [0.05, 0.1) is 18.4 Å². The van der Waals surface area contributed by atoms with Crippen LogP contribution < -0.4 is 0 Å². The number of esters is 1. The second kappa shape index (κ2) is 10.2. The van der Waals surface area contributed by atoms with Gasteiger partial charge in [0.1, 0.15) is 31.0 Å². The Morgan fingerprint density at radius 2 is 1.97 bits per heavy atom. The molecule has 0 bridgehead atoms. The van der Waals surface area contributed by atoms with Gasteiger partial charge in [-0.15, -0.1) is 0 Å². The van der Waals surface area contributed by atoms with E-state index in [1.165, 1.54) is 6.92 Å². The van der Waals surface area contributed by atoms with E-state index in [0.717, 1.165) is 0 Å². The summed E-state index contributed by atoms with van der Waals surface area (Å²) in [5.74, 6) is -1.65. The van der Waals surface area contributed by atoms with Crippen LogP contribution in [0.2, 0.25) is 0 Å². The lowest BCUT2D eigenvalue weighted by Gasteiger charge is -2.43. The van der Waals surface area contributed by atoms with Crippen LogP contribution in [0.25, 0.3) is 0 Å². The minimum Gasteiger partial charge on any atom is -0.459 e. The number of carbonyl (C=O) groups is 2. The smallest absolute Gasteiger partial charge is 0.341 e. The Morgan fingerprint density at radius 1 is 1.27 bits per heavy atom. The van der Waals surface area contributed by atoms with Gasteiger partial charge in [0, 0.05) is 24.7 Å². The monoisotopic (exact) mass is 471 g/mol. The third kappa shape index (κ3) is 4.72. The normalized spacial score (nSPS) is 31.0. The molecule has 0 aliphatic carbocycles. The highest BCUT2D eigenvalue weighted by Crippen LogP contribution is 2.32. The highest BCUT2D eigenvalue weighted by Gasteiger charge is 2.52. The van der Waals surface area contributed by atoms with Crippen LogP contribution in [-0.2, 0) is 32.2 Å². The van der Waals surface area contributed by atoms with Crippen LogP contribution in [0, 0.1) is 5.92 Å². The molecule has 3 unspecified atom stereocenters. The lowest BCUT2D eigenvalue weighted by atomic mass is 9.82. The molecule has 2 aliphatic rings. The first-order valence-corrected chi connectivity index (χ1v) is 11.1. The maximum absolute atomic E-state index is 13.1. The van der Waals surface area contributed by atoms with Crippen molar-refractivity contribution in [2.24, 2.45) is 5.92 Å². The molecule has 0 spiro atoms. The molecule has 8 atom stereocenters. The van der Waals surface area contributed by atoms with Gasteiger partial charge in [-0.3, -0.25) is 4.79 Å². The average Bonchev–Trinajstić information content (AvgIpc) is 3.39. The van der Waals surface area contributed by atoms with Crippen molar-refractivity contribution in [2.75, 3.05) is 6.61 Å². The van der Waals surface area contributed by atoms with E-state index in [2.05, 4.69) is 0 Å². The summed E-state index contributed by atoms with van der Waals surface area (Å²) in [4.78, 5) is 25.1. The Hall–Kier alpha value is -1.86. The van der Waals surface area contributed by atoms with Crippen LogP contribution in [-0.4, -0.2) is 90.9 Å². The molecule has 186 valence electrons. The largest absolute Gasteiger partial charge is 0.459 e. The number of Topliss-reactive ketones (excluding diaryl/α,β-unsaturated/α-hetero) is 1. The fourth-order valence-electron chi connectivity index (χ4n) is 4.32. The molecule has 1 fully saturated rings. The lowest BCUT2D eigenvalue weighted by Crippen LogP contribution is -2.62. The van der Waals surface area contributed by atoms with Crippen LogP contribution in [0.15, 0.2) is 12.3 Å². The molecule has 0 aromatic carbocycles. The van der Waals surface area contributed by atoms with E-state index in [4.69, 9.17) is 14.2 Å². The van der Waals surface area contributed by atoms with E-state index in [1.807, 2.05) is 0 Å². The summed E-state index contributed by atoms with van der Waals surface area (Å²) in [7, 11) is 0. The predicted molar refractivity (Wildman–Crippen MR) is 112 cm³/mol. The Kier molecular flexibility index (Phi) is 7.95. The molecule has 33 heavy (non-hydrogen) atoms. The number of aryl methyl sites for hydroxylation is 1. The fourth-order valence-corrected chi connectivity index (χ4v) is 4.32. The molecule has 0 radical (unpaired) electrons. The number of fused-ring (bicyclic) bond motifs is 1. The standard InChI is InChI=1S/C22H33NO10/c1-4-11(2)22(30,12(3)32-20-19(28)18(27)17(26)15(9-24)33-20)21(29)31-10-13-5-7-23-8-6-14(25)16(13)23/h5,7,11-12,15,17-20,24,26-28,30H,4,6,8-10H2,1-3H3/t11?,12?,15-,17-,18+,19-,20-,22?/m1/s1. The summed E-state index contributed by atoms with van der Waals surface area (Å²) in [6, 6.07) is 1.69. The van der Waals surface area contributed by atoms with Gasteiger partial charge in [-0.2, -0.15) is 0 Å². The van der Waals surface area contributed by atoms with Gasteiger partial charge >= 0.3 is 5.97 Å². The average molecular weight is 472 g/mol. The first kappa shape index (κ1) is 25.8. The number of aromatic nitrogens is 1. The quantitative estimate of drug-likeness (QED) is 0.285. The third-order valence-electron chi connectivity index (χ3n) is 6.75. The number of aliphatic hydroxyl groups excluding tert-OH is 4. The molecule has 1 aromatic heterocycles. The van der Waals surface area contributed by atoms with Crippen molar-refractivity contribution in [1.29, 1.82) is 0 Å². The van der Waals surface area contributed by atoms with Crippen molar-refractivity contribution in [3.05, 3.63) is 23.5 Å². The lowest BCUT2D eigenvalue weighted by molar-refractivity contribution is -0.323. The molecule has 5 N–H and O–H groups in total. The molecular formula is C22H33NO10. The number of nitrogens with zero attached hydrogens (tertiary/aromatic N) is 1. The molecule has 3 rings (SSSR count). The second-order valence-corrected chi connectivity index (χ2v) is 8.74. The minimum atomic E-state index is -2.15. The van der Waals surface area contributed by atoms with Crippen LogP contribution in [0.5, 0.6) is 0 Å². The first-order chi connectivity index (χ1) is 15.6. The molecule has 1 saturated heterocycles. The maximum Gasteiger partial charge on any atom is 0.341 e. The number of hydrogen-bond donors (Lipinski definition) is 5. The number of ketones is 1. The van der Waals surface area contributed by atoms with Gasteiger partial charge < -0.3 is 44.3 Å². The molecule has 11 nitrogen and oxygen atoms in total. The summed E-state index contributed by atoms with van der Waals surface area (Å²) in [6.07, 6.45) is -6.37. The van der Waals surface area contributed by atoms with Gasteiger partial charge in [0.15, 0.2) is 17.7 Å². The second-order valence-electron chi connectivity index (χ2n) is 8.74. The van der Waals surface area contributed by atoms with E-state index < -0.39 is 60.9 Å². The maximum atomic E-state index is 13.1. The summed E-state index contributed by atoms with van der Waals surface area (Å²) in [5.41, 5.74) is -1.12. The SMILES string of the molecule is CCC(C)C(O)(C(=O)OCc1ccn2c1C(=O)CC2)C(C)O[C@@H]1O[C@H](CO)[C@@H](O)[C@H](O)[C@H]1O. The van der Waals surface area contributed by atoms with E-state index in [9.17, 15) is 35.1 Å². The van der Waals surface area contributed by atoms with E-state index in [1.54, 1.807) is 30.7 Å². The Balaban J connectivity index is 1.74. The van der Waals surface area contributed by atoms with E-state index in [0.29, 0.717) is 30.6 Å². The van der Waals surface area contributed by atoms with Crippen molar-refractivity contribution in [3.8, 4) is 0 Å². The Labute approximate surface area is 191 Å². The van der Waals surface area contributed by atoms with Crippen molar-refractivity contribution in [3.63, 3.8) is 0 Å². The molecule has 0 saturated carbocycles. The van der Waals surface area contributed by atoms with Crippen LogP contribution >= 0.6 is 0 Å². The van der Waals surface area contributed by atoms with Crippen LogP contribution in [0.1, 0.15) is 49.7 Å². The Bertz CT molecular complexity index is 854. The highest BCUT2D eigenvalue weighted by atomic mass is 16.7. The summed E-state index contributed by atoms with van der Waals surface area (Å²) < 4.78 is 18.2. The van der Waals surface area contributed by atoms with Gasteiger partial charge in [-0.25, -0.2) is 4.79 Å². The predicted octanol–water partition coefficient (Wildman–Crippen LogP) is -0.900. The number of rotatable bonds is 9. The highest BCUT2D eigenvalue weighted by molar-refractivity contribution is 5.97. The van der Waals surface area contributed by atoms with Crippen LogP contribution in [0.3, 0.4) is 0 Å². The third-order valence-corrected chi connectivity index (χ3v) is 6.75. The van der Waals surface area contributed by atoms with Crippen molar-refractivity contribution < 1.29 is 49.3 Å². The summed E-state index contributed by atoms with van der Waals surface area (Å²) in [6.45, 7) is 4.52. The zero-order chi connectivity index (χ0) is 24.5. The molecule has 0 amide bonds. The molecule has 3 heterocycles. The zero-order valence-electron chi connectivity index (χ0n) is 19.0. The molecular weight excluding hydrogens is 438 g/mol. The summed E-state index contributed by atoms with van der Waals surface area (Å²) in [5, 5.41) is 50.9. The number of ether oxygens (including phenoxy) is 3. The Morgan fingerprint density at radius 3 is 2.61 bits per heavy atom. The van der Waals surface area contributed by atoms with Gasteiger partial charge in [0.25, 0.3) is 0 Å². The fraction of sp³-hybridized carbons (Fsp3) is 0.727. The zero-order valence-corrected chi connectivity index (χ0v) is 19.0. The number of hydrogen-bond acceptors (Lipinski definition) is 10. The number of aliphatic hydroxyl groups is 5. The number of carbonyl (C=O) groups excluding carboxylic acids is 2. The first-order valence-electron chi connectivity index (χ1n) is 11.1. The van der Waals surface area contributed by atoms with E-state index in [-0.39, 0.29) is 12.4 Å². The van der Waals surface area contributed by atoms with Gasteiger partial charge in [-0.1, -0.05) is 20.3 Å². The molecule has 2 aliphatic heterocycles. The van der Waals surface area contributed by atoms with Crippen LogP contribution in [0.4, 0.5) is 0 Å². The van der Waals surface area contributed by atoms with E-state index >= 15 is 0 Å². The van der Waals surface area contributed by atoms with Gasteiger partial charge in [-0.05, 0) is 18.9 Å². The summed E-state index contributed by atoms with van der Waals surface area (Å²) >= 11 is 0. The molecule has 1 aromatic rings.